The molecule has 1 aliphatic rings. The Morgan fingerprint density at radius 1 is 1.23 bits per heavy atom. The first kappa shape index (κ1) is 14.2. The molecule has 0 saturated carbocycles. The maximum atomic E-state index is 12.5. The highest BCUT2D eigenvalue weighted by Gasteiger charge is 2.31. The standard InChI is InChI=1S/C18H16N2O2/c1-12-3-8-17-16(9-12)20(18(21)13(2)22-17)11-15-6-4-14(10-19)5-7-15/h3-9,13H,11H2,1-2H3/t13-/m1/s1. The minimum Gasteiger partial charge on any atom is -0.479 e. The number of fused-ring (bicyclic) bond motifs is 1. The number of hydrogen-bond acceptors (Lipinski definition) is 3. The third kappa shape index (κ3) is 2.53. The van der Waals surface area contributed by atoms with Crippen molar-refractivity contribution in [1.82, 2.24) is 0 Å². The Labute approximate surface area is 129 Å². The van der Waals surface area contributed by atoms with Gasteiger partial charge in [0.25, 0.3) is 5.91 Å². The summed E-state index contributed by atoms with van der Waals surface area (Å²) in [6.07, 6.45) is -0.492. The Hall–Kier alpha value is -2.80. The van der Waals surface area contributed by atoms with Crippen molar-refractivity contribution in [3.8, 4) is 11.8 Å². The van der Waals surface area contributed by atoms with E-state index in [1.54, 1.807) is 24.0 Å². The molecule has 0 saturated heterocycles. The number of carbonyl (C=O) groups excluding carboxylic acids is 1. The molecule has 2 aromatic carbocycles. The number of ether oxygens (including phenoxy) is 1. The van der Waals surface area contributed by atoms with E-state index in [0.717, 1.165) is 22.6 Å². The molecule has 0 spiro atoms. The summed E-state index contributed by atoms with van der Waals surface area (Å²) in [4.78, 5) is 14.2. The quantitative estimate of drug-likeness (QED) is 0.854. The maximum Gasteiger partial charge on any atom is 0.268 e. The molecule has 0 unspecified atom stereocenters. The minimum atomic E-state index is -0.492. The molecule has 1 aliphatic heterocycles. The van der Waals surface area contributed by atoms with Crippen molar-refractivity contribution in [3.05, 3.63) is 59.2 Å². The van der Waals surface area contributed by atoms with E-state index in [9.17, 15) is 4.79 Å². The molecule has 22 heavy (non-hydrogen) atoms. The van der Waals surface area contributed by atoms with Crippen LogP contribution in [0.25, 0.3) is 0 Å². The maximum absolute atomic E-state index is 12.5. The smallest absolute Gasteiger partial charge is 0.268 e. The molecule has 3 rings (SSSR count). The zero-order valence-corrected chi connectivity index (χ0v) is 12.5. The van der Waals surface area contributed by atoms with Crippen molar-refractivity contribution in [3.63, 3.8) is 0 Å². The Balaban J connectivity index is 1.96. The summed E-state index contributed by atoms with van der Waals surface area (Å²) in [6.45, 7) is 4.22. The van der Waals surface area contributed by atoms with Crippen molar-refractivity contribution >= 4 is 11.6 Å². The third-order valence-electron chi connectivity index (χ3n) is 3.75. The predicted molar refractivity (Wildman–Crippen MR) is 83.6 cm³/mol. The molecule has 0 fully saturated rings. The SMILES string of the molecule is Cc1ccc2c(c1)N(Cc1ccc(C#N)cc1)C(=O)[C@@H](C)O2. The summed E-state index contributed by atoms with van der Waals surface area (Å²) in [5.74, 6) is 0.675. The van der Waals surface area contributed by atoms with E-state index in [-0.39, 0.29) is 5.91 Å². The molecule has 0 aromatic heterocycles. The highest BCUT2D eigenvalue weighted by molar-refractivity contribution is 5.99. The Bertz CT molecular complexity index is 760. The largest absolute Gasteiger partial charge is 0.479 e. The average molecular weight is 292 g/mol. The molecule has 2 aromatic rings. The zero-order valence-electron chi connectivity index (χ0n) is 12.5. The summed E-state index contributed by atoms with van der Waals surface area (Å²) in [7, 11) is 0. The lowest BCUT2D eigenvalue weighted by Gasteiger charge is -2.33. The van der Waals surface area contributed by atoms with Crippen molar-refractivity contribution in [2.45, 2.75) is 26.5 Å². The fourth-order valence-corrected chi connectivity index (χ4v) is 2.55. The van der Waals surface area contributed by atoms with Gasteiger partial charge in [-0.15, -0.1) is 0 Å². The number of hydrogen-bond donors (Lipinski definition) is 0. The zero-order chi connectivity index (χ0) is 15.7. The van der Waals surface area contributed by atoms with Gasteiger partial charge in [0.1, 0.15) is 5.75 Å². The summed E-state index contributed by atoms with van der Waals surface area (Å²) in [5.41, 5.74) is 3.47. The fraction of sp³-hybridized carbons (Fsp3) is 0.222. The summed E-state index contributed by atoms with van der Waals surface area (Å²) >= 11 is 0. The molecule has 4 heteroatoms. The van der Waals surface area contributed by atoms with E-state index in [1.807, 2.05) is 37.3 Å². The van der Waals surface area contributed by atoms with Gasteiger partial charge in [0.05, 0.1) is 23.9 Å². The van der Waals surface area contributed by atoms with Crippen LogP contribution < -0.4 is 9.64 Å². The molecule has 1 heterocycles. The second-order valence-electron chi connectivity index (χ2n) is 5.46. The predicted octanol–water partition coefficient (Wildman–Crippen LogP) is 3.18. The van der Waals surface area contributed by atoms with Crippen LogP contribution >= 0.6 is 0 Å². The molecule has 0 bridgehead atoms. The van der Waals surface area contributed by atoms with Gasteiger partial charge in [-0.25, -0.2) is 0 Å². The van der Waals surface area contributed by atoms with Gasteiger partial charge in [-0.05, 0) is 49.2 Å². The van der Waals surface area contributed by atoms with E-state index >= 15 is 0 Å². The number of nitriles is 1. The van der Waals surface area contributed by atoms with Gasteiger partial charge in [-0.3, -0.25) is 4.79 Å². The molecule has 1 atom stereocenters. The Kier molecular flexibility index (Phi) is 3.56. The number of benzene rings is 2. The second kappa shape index (κ2) is 5.53. The van der Waals surface area contributed by atoms with Crippen LogP contribution in [0.4, 0.5) is 5.69 Å². The number of nitrogens with zero attached hydrogens (tertiary/aromatic N) is 2. The Morgan fingerprint density at radius 2 is 1.95 bits per heavy atom. The van der Waals surface area contributed by atoms with Gasteiger partial charge in [-0.1, -0.05) is 18.2 Å². The van der Waals surface area contributed by atoms with Crippen LogP contribution in [0.2, 0.25) is 0 Å². The molecule has 110 valence electrons. The van der Waals surface area contributed by atoms with Gasteiger partial charge >= 0.3 is 0 Å². The third-order valence-corrected chi connectivity index (χ3v) is 3.75. The molecule has 1 amide bonds. The lowest BCUT2D eigenvalue weighted by Crippen LogP contribution is -2.44. The van der Waals surface area contributed by atoms with E-state index < -0.39 is 6.10 Å². The van der Waals surface area contributed by atoms with Crippen LogP contribution in [-0.4, -0.2) is 12.0 Å². The molecule has 4 nitrogen and oxygen atoms in total. The highest BCUT2D eigenvalue weighted by Crippen LogP contribution is 2.35. The summed E-state index contributed by atoms with van der Waals surface area (Å²) in [5, 5.41) is 8.86. The van der Waals surface area contributed by atoms with Crippen molar-refractivity contribution in [1.29, 1.82) is 5.26 Å². The van der Waals surface area contributed by atoms with Crippen LogP contribution in [0, 0.1) is 18.3 Å². The van der Waals surface area contributed by atoms with Gasteiger partial charge in [0.2, 0.25) is 0 Å². The first-order valence-corrected chi connectivity index (χ1v) is 7.16. The minimum absolute atomic E-state index is 0.0533. The lowest BCUT2D eigenvalue weighted by molar-refractivity contribution is -0.125. The summed E-state index contributed by atoms with van der Waals surface area (Å²) < 4.78 is 5.67. The number of aryl methyl sites for hydroxylation is 1. The number of anilines is 1. The fourth-order valence-electron chi connectivity index (χ4n) is 2.55. The van der Waals surface area contributed by atoms with Gasteiger partial charge in [0, 0.05) is 0 Å². The van der Waals surface area contributed by atoms with Gasteiger partial charge < -0.3 is 9.64 Å². The first-order valence-electron chi connectivity index (χ1n) is 7.16. The number of amides is 1. The molecule has 0 radical (unpaired) electrons. The van der Waals surface area contributed by atoms with Gasteiger partial charge in [0.15, 0.2) is 6.10 Å². The van der Waals surface area contributed by atoms with Crippen LogP contribution in [0.5, 0.6) is 5.75 Å². The normalized spacial score (nSPS) is 16.7. The van der Waals surface area contributed by atoms with E-state index in [4.69, 9.17) is 10.00 Å². The Morgan fingerprint density at radius 3 is 2.64 bits per heavy atom. The first-order chi connectivity index (χ1) is 10.6. The van der Waals surface area contributed by atoms with Crippen LogP contribution in [-0.2, 0) is 11.3 Å². The van der Waals surface area contributed by atoms with Crippen molar-refractivity contribution < 1.29 is 9.53 Å². The molecule has 0 aliphatic carbocycles. The lowest BCUT2D eigenvalue weighted by atomic mass is 10.1. The van der Waals surface area contributed by atoms with Crippen LogP contribution in [0.3, 0.4) is 0 Å². The van der Waals surface area contributed by atoms with Crippen molar-refractivity contribution in [2.75, 3.05) is 4.90 Å². The van der Waals surface area contributed by atoms with Crippen LogP contribution in [0.15, 0.2) is 42.5 Å². The molecular formula is C18H16N2O2. The highest BCUT2D eigenvalue weighted by atomic mass is 16.5. The molecular weight excluding hydrogens is 276 g/mol. The van der Waals surface area contributed by atoms with Crippen molar-refractivity contribution in [2.24, 2.45) is 0 Å². The monoisotopic (exact) mass is 292 g/mol. The molecule has 0 N–H and O–H groups in total. The second-order valence-corrected chi connectivity index (χ2v) is 5.46. The number of rotatable bonds is 2. The topological polar surface area (TPSA) is 53.3 Å². The van der Waals surface area contributed by atoms with E-state index in [2.05, 4.69) is 6.07 Å². The van der Waals surface area contributed by atoms with E-state index in [1.165, 1.54) is 0 Å². The number of carbonyl (C=O) groups is 1. The van der Waals surface area contributed by atoms with E-state index in [0.29, 0.717) is 12.1 Å². The van der Waals surface area contributed by atoms with Gasteiger partial charge in [-0.2, -0.15) is 5.26 Å². The van der Waals surface area contributed by atoms with Crippen LogP contribution in [0.1, 0.15) is 23.6 Å². The average Bonchev–Trinajstić information content (AvgIpc) is 2.53. The summed E-state index contributed by atoms with van der Waals surface area (Å²) in [6, 6.07) is 15.2.